The van der Waals surface area contributed by atoms with Crippen LogP contribution in [0.2, 0.25) is 0 Å². The molecule has 4 aromatic rings. The molecule has 0 radical (unpaired) electrons. The molecule has 1 amide bonds. The molecule has 0 saturated carbocycles. The van der Waals surface area contributed by atoms with E-state index in [-0.39, 0.29) is 12.3 Å². The second-order valence-corrected chi connectivity index (χ2v) is 8.87. The zero-order valence-corrected chi connectivity index (χ0v) is 20.7. The van der Waals surface area contributed by atoms with Gasteiger partial charge in [0.05, 0.1) is 23.7 Å². The van der Waals surface area contributed by atoms with Crippen molar-refractivity contribution in [3.8, 4) is 17.3 Å². The lowest BCUT2D eigenvalue weighted by molar-refractivity contribution is -0.115. The van der Waals surface area contributed by atoms with Crippen molar-refractivity contribution in [1.29, 1.82) is 5.26 Å². The van der Waals surface area contributed by atoms with E-state index < -0.39 is 0 Å². The Bertz CT molecular complexity index is 1360. The summed E-state index contributed by atoms with van der Waals surface area (Å²) in [4.78, 5) is 20.1. The second-order valence-electron chi connectivity index (χ2n) is 8.87. The fourth-order valence-corrected chi connectivity index (χ4v) is 4.14. The number of nitrogens with zero attached hydrogens (tertiary/aromatic N) is 3. The van der Waals surface area contributed by atoms with Gasteiger partial charge in [0.25, 0.3) is 0 Å². The molecule has 5 nitrogen and oxygen atoms in total. The smallest absolute Gasteiger partial charge is 0.228 e. The number of hydrogen-bond acceptors (Lipinski definition) is 4. The molecule has 5 heteroatoms. The third kappa shape index (κ3) is 6.37. The maximum Gasteiger partial charge on any atom is 0.228 e. The molecule has 0 aliphatic carbocycles. The number of amides is 1. The van der Waals surface area contributed by atoms with E-state index in [1.165, 1.54) is 5.56 Å². The summed E-state index contributed by atoms with van der Waals surface area (Å²) in [5.41, 5.74) is 5.91. The van der Waals surface area contributed by atoms with Crippen molar-refractivity contribution in [1.82, 2.24) is 4.98 Å². The fourth-order valence-electron chi connectivity index (χ4n) is 4.14. The average molecular weight is 475 g/mol. The Kier molecular flexibility index (Phi) is 8.10. The van der Waals surface area contributed by atoms with E-state index in [9.17, 15) is 10.1 Å². The van der Waals surface area contributed by atoms with Gasteiger partial charge in [0.1, 0.15) is 5.82 Å². The Labute approximate surface area is 213 Å². The van der Waals surface area contributed by atoms with Crippen LogP contribution in [-0.2, 0) is 17.8 Å². The topological polar surface area (TPSA) is 69.0 Å². The van der Waals surface area contributed by atoms with Gasteiger partial charge in [0.15, 0.2) is 0 Å². The minimum absolute atomic E-state index is 0.0966. The van der Waals surface area contributed by atoms with Crippen molar-refractivity contribution in [2.45, 2.75) is 33.2 Å². The molecule has 0 aliphatic heterocycles. The van der Waals surface area contributed by atoms with Gasteiger partial charge in [-0.3, -0.25) is 4.79 Å². The molecule has 4 rings (SSSR count). The number of anilines is 2. The number of benzene rings is 3. The second kappa shape index (κ2) is 11.8. The van der Waals surface area contributed by atoms with Gasteiger partial charge in [-0.15, -0.1) is 0 Å². The highest BCUT2D eigenvalue weighted by Gasteiger charge is 2.15. The van der Waals surface area contributed by atoms with Crippen LogP contribution in [0.15, 0.2) is 91.0 Å². The van der Waals surface area contributed by atoms with Crippen molar-refractivity contribution in [2.24, 2.45) is 0 Å². The van der Waals surface area contributed by atoms with E-state index in [1.54, 1.807) is 6.07 Å². The summed E-state index contributed by atoms with van der Waals surface area (Å²) in [7, 11) is 0. The summed E-state index contributed by atoms with van der Waals surface area (Å²) in [5, 5.41) is 12.7. The van der Waals surface area contributed by atoms with Crippen LogP contribution in [0.1, 0.15) is 35.6 Å². The van der Waals surface area contributed by atoms with Gasteiger partial charge in [-0.25, -0.2) is 4.98 Å². The molecule has 36 heavy (non-hydrogen) atoms. The van der Waals surface area contributed by atoms with Crippen LogP contribution in [0.25, 0.3) is 11.3 Å². The predicted octanol–water partition coefficient (Wildman–Crippen LogP) is 6.53. The molecule has 180 valence electrons. The SMILES string of the molecule is CCCN(Cc1ccccc1)c1cc(NC(=O)Cc2ccc(C)cc2)cc(-c2ccccc2C#N)n1. The number of carbonyl (C=O) groups is 1. The van der Waals surface area contributed by atoms with Crippen LogP contribution in [0.3, 0.4) is 0 Å². The first-order valence-corrected chi connectivity index (χ1v) is 12.2. The third-order valence-corrected chi connectivity index (χ3v) is 5.94. The van der Waals surface area contributed by atoms with Crippen LogP contribution in [0.5, 0.6) is 0 Å². The maximum atomic E-state index is 12.9. The zero-order valence-electron chi connectivity index (χ0n) is 20.7. The Morgan fingerprint density at radius 3 is 2.39 bits per heavy atom. The van der Waals surface area contributed by atoms with E-state index in [1.807, 2.05) is 79.7 Å². The number of aromatic nitrogens is 1. The summed E-state index contributed by atoms with van der Waals surface area (Å²) >= 11 is 0. The quantitative estimate of drug-likeness (QED) is 0.300. The molecule has 0 atom stereocenters. The number of hydrogen-bond donors (Lipinski definition) is 1. The van der Waals surface area contributed by atoms with E-state index in [4.69, 9.17) is 4.98 Å². The molecule has 0 spiro atoms. The first-order valence-electron chi connectivity index (χ1n) is 12.2. The number of nitriles is 1. The summed E-state index contributed by atoms with van der Waals surface area (Å²) in [6.45, 7) is 5.67. The molecule has 1 heterocycles. The van der Waals surface area contributed by atoms with Gasteiger partial charge in [-0.1, -0.05) is 85.3 Å². The number of carbonyl (C=O) groups excluding carboxylic acids is 1. The summed E-state index contributed by atoms with van der Waals surface area (Å²) in [5.74, 6) is 0.664. The first-order chi connectivity index (χ1) is 17.6. The largest absolute Gasteiger partial charge is 0.352 e. The number of rotatable bonds is 9. The van der Waals surface area contributed by atoms with Gasteiger partial charge in [0, 0.05) is 30.4 Å². The van der Waals surface area contributed by atoms with Crippen molar-refractivity contribution < 1.29 is 4.79 Å². The normalized spacial score (nSPS) is 10.5. The molecule has 1 N–H and O–H groups in total. The zero-order chi connectivity index (χ0) is 25.3. The van der Waals surface area contributed by atoms with Crippen molar-refractivity contribution in [3.05, 3.63) is 113 Å². The van der Waals surface area contributed by atoms with Crippen molar-refractivity contribution in [2.75, 3.05) is 16.8 Å². The maximum absolute atomic E-state index is 12.9. The molecule has 0 aliphatic rings. The number of nitrogens with one attached hydrogen (secondary N) is 1. The van der Waals surface area contributed by atoms with Gasteiger partial charge in [0.2, 0.25) is 5.91 Å². The van der Waals surface area contributed by atoms with E-state index in [2.05, 4.69) is 35.3 Å². The lowest BCUT2D eigenvalue weighted by atomic mass is 10.0. The van der Waals surface area contributed by atoms with Crippen LogP contribution in [-0.4, -0.2) is 17.4 Å². The summed E-state index contributed by atoms with van der Waals surface area (Å²) in [6.07, 6.45) is 1.23. The molecule has 0 bridgehead atoms. The highest BCUT2D eigenvalue weighted by molar-refractivity contribution is 5.93. The van der Waals surface area contributed by atoms with Crippen LogP contribution >= 0.6 is 0 Å². The van der Waals surface area contributed by atoms with Gasteiger partial charge >= 0.3 is 0 Å². The lowest BCUT2D eigenvalue weighted by Gasteiger charge is -2.25. The minimum Gasteiger partial charge on any atom is -0.352 e. The highest BCUT2D eigenvalue weighted by atomic mass is 16.1. The van der Waals surface area contributed by atoms with Crippen LogP contribution < -0.4 is 10.2 Å². The van der Waals surface area contributed by atoms with E-state index >= 15 is 0 Å². The van der Waals surface area contributed by atoms with Gasteiger partial charge in [-0.2, -0.15) is 5.26 Å². The number of aryl methyl sites for hydroxylation is 1. The molecular weight excluding hydrogens is 444 g/mol. The summed E-state index contributed by atoms with van der Waals surface area (Å²) in [6, 6.07) is 31.7. The molecule has 0 fully saturated rings. The molecule has 0 unspecified atom stereocenters. The third-order valence-electron chi connectivity index (χ3n) is 5.94. The summed E-state index contributed by atoms with van der Waals surface area (Å²) < 4.78 is 0. The Morgan fingerprint density at radius 1 is 0.944 bits per heavy atom. The number of pyridine rings is 1. The average Bonchev–Trinajstić information content (AvgIpc) is 2.90. The molecular formula is C31H30N4O. The van der Waals surface area contributed by atoms with Crippen LogP contribution in [0.4, 0.5) is 11.5 Å². The van der Waals surface area contributed by atoms with Gasteiger partial charge in [-0.05, 0) is 36.6 Å². The molecule has 3 aromatic carbocycles. The standard InChI is InChI=1S/C31H30N4O/c1-3-17-35(22-25-9-5-4-6-10-25)30-20-27(33-31(36)18-24-15-13-23(2)14-16-24)19-29(34-30)28-12-8-7-11-26(28)21-32/h4-16,19-20H,3,17-18,22H2,1-2H3,(H,33,34,36). The lowest BCUT2D eigenvalue weighted by Crippen LogP contribution is -2.25. The molecule has 0 saturated heterocycles. The fraction of sp³-hybridized carbons (Fsp3) is 0.194. The molecule has 1 aromatic heterocycles. The highest BCUT2D eigenvalue weighted by Crippen LogP contribution is 2.29. The monoisotopic (exact) mass is 474 g/mol. The van der Waals surface area contributed by atoms with Crippen molar-refractivity contribution in [3.63, 3.8) is 0 Å². The van der Waals surface area contributed by atoms with Gasteiger partial charge < -0.3 is 10.2 Å². The minimum atomic E-state index is -0.0966. The predicted molar refractivity (Wildman–Crippen MR) is 146 cm³/mol. The Balaban J connectivity index is 1.70. The van der Waals surface area contributed by atoms with E-state index in [0.717, 1.165) is 35.5 Å². The first kappa shape index (κ1) is 24.7. The van der Waals surface area contributed by atoms with Crippen LogP contribution in [0, 0.1) is 18.3 Å². The Morgan fingerprint density at radius 2 is 1.67 bits per heavy atom. The van der Waals surface area contributed by atoms with E-state index in [0.29, 0.717) is 23.5 Å². The van der Waals surface area contributed by atoms with Crippen molar-refractivity contribution >= 4 is 17.4 Å². The Hall–Kier alpha value is -4.43.